The van der Waals surface area contributed by atoms with Gasteiger partial charge in [-0.05, 0) is 13.0 Å². The molecular weight excluding hydrogens is 182 g/mol. The number of aliphatic hydroxyl groups is 1. The number of hydrogen-bond acceptors (Lipinski definition) is 3. The van der Waals surface area contributed by atoms with Crippen LogP contribution in [0, 0.1) is 6.92 Å². The van der Waals surface area contributed by atoms with Crippen molar-refractivity contribution in [3.8, 4) is 0 Å². The smallest absolute Gasteiger partial charge is 0.250 e. The molecular formula is C10H15NO3. The van der Waals surface area contributed by atoms with Crippen molar-refractivity contribution >= 4 is 0 Å². The monoisotopic (exact) mass is 197 g/mol. The number of aliphatic hydroxyl groups excluding tert-OH is 1. The quantitative estimate of drug-likeness (QED) is 0.684. The first-order chi connectivity index (χ1) is 6.75. The second-order valence-electron chi connectivity index (χ2n) is 2.99. The molecule has 0 amide bonds. The van der Waals surface area contributed by atoms with Crippen LogP contribution >= 0.6 is 0 Å². The first-order valence-corrected chi connectivity index (χ1v) is 4.61. The molecule has 4 heteroatoms. The van der Waals surface area contributed by atoms with E-state index in [4.69, 9.17) is 9.84 Å². The summed E-state index contributed by atoms with van der Waals surface area (Å²) in [6.07, 6.45) is 0. The minimum atomic E-state index is -0.0161. The van der Waals surface area contributed by atoms with Gasteiger partial charge in [0.15, 0.2) is 0 Å². The molecule has 0 saturated heterocycles. The van der Waals surface area contributed by atoms with Gasteiger partial charge in [-0.15, -0.1) is 0 Å². The number of aromatic nitrogens is 1. The van der Waals surface area contributed by atoms with Crippen LogP contribution in [0.5, 0.6) is 0 Å². The molecule has 1 rings (SSSR count). The van der Waals surface area contributed by atoms with Gasteiger partial charge in [0.1, 0.15) is 0 Å². The molecule has 0 radical (unpaired) electrons. The minimum absolute atomic E-state index is 0.0161. The number of aryl methyl sites for hydroxylation is 1. The highest BCUT2D eigenvalue weighted by atomic mass is 16.5. The fourth-order valence-corrected chi connectivity index (χ4v) is 1.23. The van der Waals surface area contributed by atoms with Gasteiger partial charge in [0, 0.05) is 18.3 Å². The molecule has 0 bridgehead atoms. The maximum absolute atomic E-state index is 11.4. The molecule has 1 aromatic rings. The van der Waals surface area contributed by atoms with Crippen LogP contribution in [0.15, 0.2) is 23.0 Å². The Morgan fingerprint density at radius 1 is 1.43 bits per heavy atom. The summed E-state index contributed by atoms with van der Waals surface area (Å²) in [4.78, 5) is 11.4. The van der Waals surface area contributed by atoms with E-state index in [1.165, 1.54) is 6.07 Å². The highest BCUT2D eigenvalue weighted by molar-refractivity contribution is 5.04. The molecule has 0 aliphatic rings. The van der Waals surface area contributed by atoms with Crippen molar-refractivity contribution in [3.05, 3.63) is 34.2 Å². The van der Waals surface area contributed by atoms with Gasteiger partial charge < -0.3 is 14.4 Å². The summed E-state index contributed by atoms with van der Waals surface area (Å²) < 4.78 is 6.74. The van der Waals surface area contributed by atoms with Crippen LogP contribution in [0.25, 0.3) is 0 Å². The molecule has 0 atom stereocenters. The molecule has 0 unspecified atom stereocenters. The molecule has 0 saturated carbocycles. The molecule has 4 nitrogen and oxygen atoms in total. The van der Waals surface area contributed by atoms with E-state index in [9.17, 15) is 4.79 Å². The van der Waals surface area contributed by atoms with Gasteiger partial charge in [0.25, 0.3) is 5.56 Å². The lowest BCUT2D eigenvalue weighted by Gasteiger charge is -2.08. The van der Waals surface area contributed by atoms with Crippen LogP contribution in [0.4, 0.5) is 0 Å². The first-order valence-electron chi connectivity index (χ1n) is 4.61. The minimum Gasteiger partial charge on any atom is -0.394 e. The van der Waals surface area contributed by atoms with Crippen molar-refractivity contribution in [2.45, 2.75) is 13.5 Å². The molecule has 0 aliphatic carbocycles. The molecule has 0 aliphatic heterocycles. The number of ether oxygens (including phenoxy) is 1. The van der Waals surface area contributed by atoms with Crippen LogP contribution in [-0.2, 0) is 11.3 Å². The summed E-state index contributed by atoms with van der Waals surface area (Å²) in [5.41, 5.74) is 0.905. The van der Waals surface area contributed by atoms with E-state index in [1.54, 1.807) is 10.6 Å². The summed E-state index contributed by atoms with van der Waals surface area (Å²) in [6, 6.07) is 5.15. The first kappa shape index (κ1) is 10.9. The van der Waals surface area contributed by atoms with Gasteiger partial charge in [-0.1, -0.05) is 6.07 Å². The Balaban J connectivity index is 2.54. The largest absolute Gasteiger partial charge is 0.394 e. The molecule has 1 heterocycles. The van der Waals surface area contributed by atoms with E-state index in [1.807, 2.05) is 13.0 Å². The SMILES string of the molecule is Cc1cccc(=O)n1CCOCCO. The lowest BCUT2D eigenvalue weighted by Crippen LogP contribution is -2.23. The third-order valence-corrected chi connectivity index (χ3v) is 1.96. The van der Waals surface area contributed by atoms with Gasteiger partial charge in [-0.3, -0.25) is 4.79 Å². The van der Waals surface area contributed by atoms with E-state index in [-0.39, 0.29) is 12.2 Å². The third kappa shape index (κ3) is 2.97. The van der Waals surface area contributed by atoms with Crippen molar-refractivity contribution in [3.63, 3.8) is 0 Å². The van der Waals surface area contributed by atoms with Gasteiger partial charge >= 0.3 is 0 Å². The zero-order valence-corrected chi connectivity index (χ0v) is 8.27. The zero-order valence-electron chi connectivity index (χ0n) is 8.27. The van der Waals surface area contributed by atoms with Crippen molar-refractivity contribution < 1.29 is 9.84 Å². The van der Waals surface area contributed by atoms with E-state index < -0.39 is 0 Å². The maximum atomic E-state index is 11.4. The second-order valence-corrected chi connectivity index (χ2v) is 2.99. The Morgan fingerprint density at radius 3 is 2.86 bits per heavy atom. The number of pyridine rings is 1. The second kappa shape index (κ2) is 5.57. The topological polar surface area (TPSA) is 51.5 Å². The van der Waals surface area contributed by atoms with Crippen molar-refractivity contribution in [1.29, 1.82) is 0 Å². The Kier molecular flexibility index (Phi) is 4.35. The average molecular weight is 197 g/mol. The lowest BCUT2D eigenvalue weighted by molar-refractivity contribution is 0.0863. The Morgan fingerprint density at radius 2 is 2.21 bits per heavy atom. The third-order valence-electron chi connectivity index (χ3n) is 1.96. The molecule has 14 heavy (non-hydrogen) atoms. The molecule has 0 fully saturated rings. The van der Waals surface area contributed by atoms with E-state index in [0.717, 1.165) is 5.69 Å². The Labute approximate surface area is 82.8 Å². The van der Waals surface area contributed by atoms with Gasteiger partial charge in [0.05, 0.1) is 19.8 Å². The van der Waals surface area contributed by atoms with Crippen molar-refractivity contribution in [2.75, 3.05) is 19.8 Å². The molecule has 1 N–H and O–H groups in total. The van der Waals surface area contributed by atoms with Crippen LogP contribution in [0.3, 0.4) is 0 Å². The molecule has 78 valence electrons. The van der Waals surface area contributed by atoms with Crippen molar-refractivity contribution in [2.24, 2.45) is 0 Å². The van der Waals surface area contributed by atoms with E-state index >= 15 is 0 Å². The lowest BCUT2D eigenvalue weighted by atomic mass is 10.3. The van der Waals surface area contributed by atoms with Gasteiger partial charge in [0.2, 0.25) is 0 Å². The summed E-state index contributed by atoms with van der Waals surface area (Å²) in [5, 5.41) is 8.48. The Bertz CT molecular complexity index is 332. The molecule has 1 aromatic heterocycles. The normalized spacial score (nSPS) is 10.4. The van der Waals surface area contributed by atoms with Gasteiger partial charge in [-0.25, -0.2) is 0 Å². The number of hydrogen-bond donors (Lipinski definition) is 1. The summed E-state index contributed by atoms with van der Waals surface area (Å²) >= 11 is 0. The highest BCUT2D eigenvalue weighted by Gasteiger charge is 1.97. The summed E-state index contributed by atoms with van der Waals surface area (Å²) in [5.74, 6) is 0. The fourth-order valence-electron chi connectivity index (χ4n) is 1.23. The predicted molar refractivity (Wildman–Crippen MR) is 53.3 cm³/mol. The number of rotatable bonds is 5. The molecule has 0 aromatic carbocycles. The van der Waals surface area contributed by atoms with Crippen molar-refractivity contribution in [1.82, 2.24) is 4.57 Å². The number of nitrogens with zero attached hydrogens (tertiary/aromatic N) is 1. The highest BCUT2D eigenvalue weighted by Crippen LogP contribution is 1.93. The average Bonchev–Trinajstić information content (AvgIpc) is 2.16. The maximum Gasteiger partial charge on any atom is 0.250 e. The van der Waals surface area contributed by atoms with E-state index in [0.29, 0.717) is 19.8 Å². The summed E-state index contributed by atoms with van der Waals surface area (Å²) in [6.45, 7) is 3.20. The standard InChI is InChI=1S/C10H15NO3/c1-9-3-2-4-10(13)11(9)5-7-14-8-6-12/h2-4,12H,5-8H2,1H3. The van der Waals surface area contributed by atoms with Crippen LogP contribution in [0.2, 0.25) is 0 Å². The predicted octanol–water partition coefficient (Wildman–Crippen LogP) is 0.166. The van der Waals surface area contributed by atoms with E-state index in [2.05, 4.69) is 0 Å². The van der Waals surface area contributed by atoms with Crippen LogP contribution in [-0.4, -0.2) is 29.5 Å². The zero-order chi connectivity index (χ0) is 10.4. The van der Waals surface area contributed by atoms with Crippen LogP contribution < -0.4 is 5.56 Å². The van der Waals surface area contributed by atoms with Gasteiger partial charge in [-0.2, -0.15) is 0 Å². The molecule has 0 spiro atoms. The summed E-state index contributed by atoms with van der Waals surface area (Å²) in [7, 11) is 0. The fraction of sp³-hybridized carbons (Fsp3) is 0.500. The van der Waals surface area contributed by atoms with Crippen LogP contribution in [0.1, 0.15) is 5.69 Å². The Hall–Kier alpha value is -1.13.